The fraction of sp³-hybridized carbons (Fsp3) is 0.391. The monoisotopic (exact) mass is 395 g/mol. The number of carbonyl (C=O) groups excluding carboxylic acids is 1. The molecule has 0 spiro atoms. The normalized spacial score (nSPS) is 18.1. The van der Waals surface area contributed by atoms with Gasteiger partial charge in [-0.3, -0.25) is 14.5 Å². The largest absolute Gasteiger partial charge is 0.480 e. The highest BCUT2D eigenvalue weighted by Gasteiger charge is 2.34. The Morgan fingerprint density at radius 2 is 1.62 bits per heavy atom. The van der Waals surface area contributed by atoms with Gasteiger partial charge < -0.3 is 15.3 Å². The maximum Gasteiger partial charge on any atom is 0.317 e. The lowest BCUT2D eigenvalue weighted by molar-refractivity contribution is -0.139. The zero-order valence-corrected chi connectivity index (χ0v) is 16.8. The zero-order valence-electron chi connectivity index (χ0n) is 16.8. The van der Waals surface area contributed by atoms with Crippen LogP contribution in [0.15, 0.2) is 60.7 Å². The van der Waals surface area contributed by atoms with Gasteiger partial charge in [0.05, 0.1) is 13.1 Å². The quantitative estimate of drug-likeness (QED) is 0.647. The van der Waals surface area contributed by atoms with Crippen LogP contribution < -0.4 is 10.2 Å². The molecule has 0 atom stereocenters. The topological polar surface area (TPSA) is 72.9 Å². The fourth-order valence-corrected chi connectivity index (χ4v) is 3.80. The molecule has 0 heterocycles. The van der Waals surface area contributed by atoms with Crippen molar-refractivity contribution in [2.24, 2.45) is 0 Å². The van der Waals surface area contributed by atoms with Crippen LogP contribution in [0.4, 0.5) is 5.69 Å². The Hall–Kier alpha value is -2.86. The maximum atomic E-state index is 12.7. The number of carbonyl (C=O) groups is 2. The molecule has 0 aromatic heterocycles. The molecule has 1 aliphatic rings. The maximum absolute atomic E-state index is 12.7. The third-order valence-corrected chi connectivity index (χ3v) is 5.41. The van der Waals surface area contributed by atoms with Crippen LogP contribution in [0.3, 0.4) is 0 Å². The van der Waals surface area contributed by atoms with E-state index in [-0.39, 0.29) is 31.1 Å². The molecule has 29 heavy (non-hydrogen) atoms. The van der Waals surface area contributed by atoms with Gasteiger partial charge in [-0.25, -0.2) is 0 Å². The lowest BCUT2D eigenvalue weighted by atomic mass is 9.85. The Balaban J connectivity index is 1.55. The van der Waals surface area contributed by atoms with Gasteiger partial charge in [0.2, 0.25) is 5.91 Å². The third kappa shape index (κ3) is 6.06. The number of carboxylic acid groups (broad SMARTS) is 1. The van der Waals surface area contributed by atoms with E-state index in [0.29, 0.717) is 13.1 Å². The summed E-state index contributed by atoms with van der Waals surface area (Å²) in [7, 11) is 0. The first-order chi connectivity index (χ1) is 14.0. The molecule has 0 saturated heterocycles. The molecule has 2 N–H and O–H groups in total. The summed E-state index contributed by atoms with van der Waals surface area (Å²) in [5.74, 6) is -0.812. The first-order valence-corrected chi connectivity index (χ1v) is 10.1. The van der Waals surface area contributed by atoms with E-state index >= 15 is 0 Å². The van der Waals surface area contributed by atoms with Crippen LogP contribution in [0.25, 0.3) is 0 Å². The minimum absolute atomic E-state index is 0.00508. The molecule has 2 aromatic rings. The van der Waals surface area contributed by atoms with Gasteiger partial charge in [0.15, 0.2) is 0 Å². The zero-order chi connectivity index (χ0) is 20.6. The van der Waals surface area contributed by atoms with Crippen molar-refractivity contribution in [2.75, 3.05) is 24.5 Å². The molecule has 154 valence electrons. The molecule has 0 unspecified atom stereocenters. The molecule has 1 fully saturated rings. The number of anilines is 1. The van der Waals surface area contributed by atoms with Crippen LogP contribution in [0.5, 0.6) is 0 Å². The standard InChI is InChI=1S/C23H29N3O3/c1-2-25(17-23(28)29)21-13-19(14-21)24-22(27)16-26(20-11-7-4-8-12-20)15-18-9-5-3-6-10-18/h3-12,19,21H,2,13-17H2,1H3,(H,24,27)(H,28,29). The van der Waals surface area contributed by atoms with E-state index in [1.807, 2.05) is 60.4 Å². The molecule has 1 aliphatic carbocycles. The van der Waals surface area contributed by atoms with Crippen molar-refractivity contribution < 1.29 is 14.7 Å². The molecule has 6 nitrogen and oxygen atoms in total. The lowest BCUT2D eigenvalue weighted by Gasteiger charge is -2.42. The third-order valence-electron chi connectivity index (χ3n) is 5.41. The van der Waals surface area contributed by atoms with E-state index in [4.69, 9.17) is 5.11 Å². The number of hydrogen-bond acceptors (Lipinski definition) is 4. The fourth-order valence-electron chi connectivity index (χ4n) is 3.80. The summed E-state index contributed by atoms with van der Waals surface area (Å²) in [6, 6.07) is 20.4. The van der Waals surface area contributed by atoms with E-state index in [9.17, 15) is 9.59 Å². The highest BCUT2D eigenvalue weighted by atomic mass is 16.4. The number of para-hydroxylation sites is 1. The number of benzene rings is 2. The molecule has 6 heteroatoms. The summed E-state index contributed by atoms with van der Waals surface area (Å²) in [6.45, 7) is 3.67. The average molecular weight is 396 g/mol. The Morgan fingerprint density at radius 1 is 1.00 bits per heavy atom. The number of amides is 1. The number of nitrogens with zero attached hydrogens (tertiary/aromatic N) is 2. The van der Waals surface area contributed by atoms with Gasteiger partial charge >= 0.3 is 5.97 Å². The van der Waals surface area contributed by atoms with E-state index in [1.165, 1.54) is 0 Å². The molecule has 0 aliphatic heterocycles. The van der Waals surface area contributed by atoms with Crippen LogP contribution in [0, 0.1) is 0 Å². The molecule has 2 aromatic carbocycles. The van der Waals surface area contributed by atoms with Crippen molar-refractivity contribution in [1.29, 1.82) is 0 Å². The van der Waals surface area contributed by atoms with E-state index < -0.39 is 5.97 Å². The smallest absolute Gasteiger partial charge is 0.317 e. The van der Waals surface area contributed by atoms with E-state index in [2.05, 4.69) is 22.3 Å². The summed E-state index contributed by atoms with van der Waals surface area (Å²) >= 11 is 0. The Kier molecular flexibility index (Phi) is 7.25. The van der Waals surface area contributed by atoms with Crippen LogP contribution in [0.1, 0.15) is 25.3 Å². The predicted octanol–water partition coefficient (Wildman–Crippen LogP) is 2.75. The molecular weight excluding hydrogens is 366 g/mol. The Morgan fingerprint density at radius 3 is 2.21 bits per heavy atom. The summed E-state index contributed by atoms with van der Waals surface area (Å²) in [4.78, 5) is 27.7. The lowest BCUT2D eigenvalue weighted by Crippen LogP contribution is -2.56. The summed E-state index contributed by atoms with van der Waals surface area (Å²) in [5, 5.41) is 12.1. The first kappa shape index (κ1) is 20.9. The van der Waals surface area contributed by atoms with Crippen molar-refractivity contribution >= 4 is 17.6 Å². The summed E-state index contributed by atoms with van der Waals surface area (Å²) in [6.07, 6.45) is 1.60. The van der Waals surface area contributed by atoms with Crippen molar-refractivity contribution in [3.63, 3.8) is 0 Å². The van der Waals surface area contributed by atoms with Crippen molar-refractivity contribution in [2.45, 2.75) is 38.4 Å². The number of aliphatic carboxylic acids is 1. The number of carboxylic acids is 1. The molecule has 3 rings (SSSR count). The van der Waals surface area contributed by atoms with Crippen LogP contribution >= 0.6 is 0 Å². The summed E-state index contributed by atoms with van der Waals surface area (Å²) < 4.78 is 0. The SMILES string of the molecule is CCN(CC(=O)O)C1CC(NC(=O)CN(Cc2ccccc2)c2ccccc2)C1. The highest BCUT2D eigenvalue weighted by Crippen LogP contribution is 2.25. The number of likely N-dealkylation sites (N-methyl/N-ethyl adjacent to an activating group) is 1. The number of hydrogen-bond donors (Lipinski definition) is 2. The second-order valence-corrected chi connectivity index (χ2v) is 7.52. The molecule has 1 saturated carbocycles. The molecular formula is C23H29N3O3. The summed E-state index contributed by atoms with van der Waals surface area (Å²) in [5.41, 5.74) is 2.16. The van der Waals surface area contributed by atoms with E-state index in [1.54, 1.807) is 0 Å². The second kappa shape index (κ2) is 10.1. The van der Waals surface area contributed by atoms with Gasteiger partial charge in [0.25, 0.3) is 0 Å². The Bertz CT molecular complexity index is 792. The van der Waals surface area contributed by atoms with Gasteiger partial charge in [-0.05, 0) is 37.1 Å². The van der Waals surface area contributed by atoms with Crippen LogP contribution in [0.2, 0.25) is 0 Å². The van der Waals surface area contributed by atoms with Crippen molar-refractivity contribution in [3.05, 3.63) is 66.2 Å². The van der Waals surface area contributed by atoms with Crippen LogP contribution in [-0.4, -0.2) is 53.6 Å². The van der Waals surface area contributed by atoms with Crippen LogP contribution in [-0.2, 0) is 16.1 Å². The van der Waals surface area contributed by atoms with Gasteiger partial charge in [-0.2, -0.15) is 0 Å². The van der Waals surface area contributed by atoms with Crippen molar-refractivity contribution in [3.8, 4) is 0 Å². The second-order valence-electron chi connectivity index (χ2n) is 7.52. The average Bonchev–Trinajstić information content (AvgIpc) is 2.69. The number of nitrogens with one attached hydrogen (secondary N) is 1. The highest BCUT2D eigenvalue weighted by molar-refractivity contribution is 5.81. The van der Waals surface area contributed by atoms with Gasteiger partial charge in [-0.15, -0.1) is 0 Å². The first-order valence-electron chi connectivity index (χ1n) is 10.1. The van der Waals surface area contributed by atoms with Crippen molar-refractivity contribution in [1.82, 2.24) is 10.2 Å². The number of rotatable bonds is 10. The van der Waals surface area contributed by atoms with Gasteiger partial charge in [-0.1, -0.05) is 55.5 Å². The predicted molar refractivity (Wildman–Crippen MR) is 114 cm³/mol. The van der Waals surface area contributed by atoms with E-state index in [0.717, 1.165) is 24.1 Å². The van der Waals surface area contributed by atoms with Gasteiger partial charge in [0, 0.05) is 24.3 Å². The molecule has 0 bridgehead atoms. The minimum atomic E-state index is -0.807. The Labute approximate surface area is 172 Å². The van der Waals surface area contributed by atoms with Gasteiger partial charge in [0.1, 0.15) is 0 Å². The molecule has 1 amide bonds. The minimum Gasteiger partial charge on any atom is -0.480 e. The molecule has 0 radical (unpaired) electrons.